The van der Waals surface area contributed by atoms with E-state index in [4.69, 9.17) is 5.73 Å². The van der Waals surface area contributed by atoms with Gasteiger partial charge >= 0.3 is 0 Å². The van der Waals surface area contributed by atoms with Crippen molar-refractivity contribution in [2.45, 2.75) is 0 Å². The molecule has 2 N–H and O–H groups in total. The summed E-state index contributed by atoms with van der Waals surface area (Å²) < 4.78 is 1.12. The molecule has 1 rings (SSSR count). The highest BCUT2D eigenvalue weighted by Gasteiger charge is 2.00. The lowest BCUT2D eigenvalue weighted by Gasteiger charge is -1.96. The van der Waals surface area contributed by atoms with Crippen LogP contribution in [0.2, 0.25) is 0 Å². The second-order valence-corrected chi connectivity index (χ2v) is 3.38. The smallest absolute Gasteiger partial charge is 0.176 e. The first-order valence-corrected chi connectivity index (χ1v) is 4.31. The predicted molar refractivity (Wildman–Crippen MR) is 59.8 cm³/mol. The summed E-state index contributed by atoms with van der Waals surface area (Å²) in [4.78, 5) is 11.0. The monoisotopic (exact) mass is 297 g/mol. The van der Waals surface area contributed by atoms with E-state index in [9.17, 15) is 4.79 Å². The average Bonchev–Trinajstić information content (AvgIpc) is 2.05. The van der Waals surface area contributed by atoms with Crippen molar-refractivity contribution in [2.75, 3.05) is 6.54 Å². The molecular weight excluding hydrogens is 288 g/mol. The van der Waals surface area contributed by atoms with E-state index in [0.717, 1.165) is 3.57 Å². The first-order valence-electron chi connectivity index (χ1n) is 3.23. The lowest BCUT2D eigenvalue weighted by molar-refractivity contribution is 0.100. The predicted octanol–water partition coefficient (Wildman–Crippen LogP) is 1.85. The van der Waals surface area contributed by atoms with E-state index >= 15 is 0 Å². The molecule has 0 saturated carbocycles. The van der Waals surface area contributed by atoms with Crippen LogP contribution in [0, 0.1) is 3.57 Å². The fraction of sp³-hybridized carbons (Fsp3) is 0.125. The molecule has 1 aromatic rings. The summed E-state index contributed by atoms with van der Waals surface area (Å²) in [5.41, 5.74) is 5.88. The normalized spacial score (nSPS) is 8.83. The van der Waals surface area contributed by atoms with Crippen LogP contribution in [-0.2, 0) is 0 Å². The van der Waals surface area contributed by atoms with Crippen LogP contribution in [0.1, 0.15) is 10.4 Å². The van der Waals surface area contributed by atoms with Gasteiger partial charge in [0.05, 0.1) is 6.54 Å². The minimum absolute atomic E-state index is 0. The Kier molecular flexibility index (Phi) is 5.44. The molecule has 0 atom stereocenters. The van der Waals surface area contributed by atoms with Gasteiger partial charge in [0, 0.05) is 9.13 Å². The minimum atomic E-state index is -0.0126. The van der Waals surface area contributed by atoms with Crippen molar-refractivity contribution < 1.29 is 4.79 Å². The van der Waals surface area contributed by atoms with Gasteiger partial charge in [-0.1, -0.05) is 12.1 Å². The molecule has 0 bridgehead atoms. The molecule has 0 saturated heterocycles. The summed E-state index contributed by atoms with van der Waals surface area (Å²) in [6.07, 6.45) is 0. The lowest BCUT2D eigenvalue weighted by Crippen LogP contribution is -2.13. The zero-order valence-corrected chi connectivity index (χ0v) is 9.26. The second-order valence-electron chi connectivity index (χ2n) is 2.13. The Morgan fingerprint density at radius 3 is 2.25 bits per heavy atom. The van der Waals surface area contributed by atoms with Crippen molar-refractivity contribution in [1.29, 1.82) is 0 Å². The van der Waals surface area contributed by atoms with Crippen LogP contribution in [0.15, 0.2) is 24.3 Å². The van der Waals surface area contributed by atoms with Gasteiger partial charge in [0.25, 0.3) is 0 Å². The zero-order chi connectivity index (χ0) is 8.27. The summed E-state index contributed by atoms with van der Waals surface area (Å²) in [5, 5.41) is 0. The molecule has 0 fully saturated rings. The standard InChI is InChI=1S/C8H8INO.ClH/c9-7-3-1-6(2-4-7)8(11)5-10;/h1-4H,5,10H2;1H. The molecule has 0 aromatic heterocycles. The number of carbonyl (C=O) groups excluding carboxylic acids is 1. The number of nitrogens with two attached hydrogens (primary N) is 1. The third kappa shape index (κ3) is 3.08. The summed E-state index contributed by atoms with van der Waals surface area (Å²) in [5.74, 6) is -0.0126. The molecule has 1 aromatic carbocycles. The zero-order valence-electron chi connectivity index (χ0n) is 6.29. The Bertz CT molecular complexity index is 260. The van der Waals surface area contributed by atoms with Gasteiger partial charge in [0.1, 0.15) is 0 Å². The van der Waals surface area contributed by atoms with Gasteiger partial charge in [-0.2, -0.15) is 0 Å². The van der Waals surface area contributed by atoms with Gasteiger partial charge in [0.15, 0.2) is 5.78 Å². The van der Waals surface area contributed by atoms with Crippen LogP contribution < -0.4 is 5.73 Å². The summed E-state index contributed by atoms with van der Waals surface area (Å²) in [6, 6.07) is 7.36. The topological polar surface area (TPSA) is 43.1 Å². The van der Waals surface area contributed by atoms with Gasteiger partial charge < -0.3 is 5.73 Å². The number of hydrogen-bond donors (Lipinski definition) is 1. The number of rotatable bonds is 2. The lowest BCUT2D eigenvalue weighted by atomic mass is 10.1. The van der Waals surface area contributed by atoms with E-state index in [1.54, 1.807) is 12.1 Å². The van der Waals surface area contributed by atoms with Crippen LogP contribution in [-0.4, -0.2) is 12.3 Å². The summed E-state index contributed by atoms with van der Waals surface area (Å²) >= 11 is 2.19. The Morgan fingerprint density at radius 2 is 1.83 bits per heavy atom. The Hall–Kier alpha value is -0.130. The fourth-order valence-electron chi connectivity index (χ4n) is 0.754. The molecular formula is C8H9ClINO. The van der Waals surface area contributed by atoms with Gasteiger partial charge in [-0.25, -0.2) is 0 Å². The maximum Gasteiger partial charge on any atom is 0.176 e. The fourth-order valence-corrected chi connectivity index (χ4v) is 1.11. The van der Waals surface area contributed by atoms with Crippen LogP contribution >= 0.6 is 35.0 Å². The largest absolute Gasteiger partial charge is 0.324 e. The molecule has 0 aliphatic heterocycles. The van der Waals surface area contributed by atoms with Crippen LogP contribution in [0.25, 0.3) is 0 Å². The number of Topliss-reactive ketones (excluding diaryl/α,β-unsaturated/α-hetero) is 1. The van der Waals surface area contributed by atoms with Gasteiger partial charge in [0.2, 0.25) is 0 Å². The SMILES string of the molecule is Cl.NCC(=O)c1ccc(I)cc1. The van der Waals surface area contributed by atoms with E-state index in [1.165, 1.54) is 0 Å². The third-order valence-electron chi connectivity index (χ3n) is 1.35. The summed E-state index contributed by atoms with van der Waals surface area (Å²) in [7, 11) is 0. The maximum absolute atomic E-state index is 11.0. The Balaban J connectivity index is 0.00000121. The van der Waals surface area contributed by atoms with Gasteiger partial charge in [-0.05, 0) is 34.7 Å². The molecule has 2 nitrogen and oxygen atoms in total. The number of carbonyl (C=O) groups is 1. The van der Waals surface area contributed by atoms with Crippen molar-refractivity contribution in [3.8, 4) is 0 Å². The van der Waals surface area contributed by atoms with Crippen molar-refractivity contribution >= 4 is 40.8 Å². The van der Waals surface area contributed by atoms with Crippen LogP contribution in [0.3, 0.4) is 0 Å². The quantitative estimate of drug-likeness (QED) is 0.669. The minimum Gasteiger partial charge on any atom is -0.324 e. The number of halogens is 2. The highest BCUT2D eigenvalue weighted by molar-refractivity contribution is 14.1. The molecule has 0 heterocycles. The van der Waals surface area contributed by atoms with E-state index in [-0.39, 0.29) is 24.7 Å². The Morgan fingerprint density at radius 1 is 1.33 bits per heavy atom. The van der Waals surface area contributed by atoms with Crippen molar-refractivity contribution in [2.24, 2.45) is 5.73 Å². The Labute approximate surface area is 91.1 Å². The average molecular weight is 298 g/mol. The molecule has 0 aliphatic carbocycles. The maximum atomic E-state index is 11.0. The number of benzene rings is 1. The second kappa shape index (κ2) is 5.50. The molecule has 12 heavy (non-hydrogen) atoms. The van der Waals surface area contributed by atoms with Crippen LogP contribution in [0.4, 0.5) is 0 Å². The van der Waals surface area contributed by atoms with E-state index < -0.39 is 0 Å². The first kappa shape index (κ1) is 11.9. The van der Waals surface area contributed by atoms with Crippen LogP contribution in [0.5, 0.6) is 0 Å². The molecule has 0 aliphatic rings. The highest BCUT2D eigenvalue weighted by Crippen LogP contribution is 2.06. The van der Waals surface area contributed by atoms with Gasteiger partial charge in [-0.3, -0.25) is 4.79 Å². The highest BCUT2D eigenvalue weighted by atomic mass is 127. The van der Waals surface area contributed by atoms with Crippen molar-refractivity contribution in [1.82, 2.24) is 0 Å². The molecule has 0 spiro atoms. The van der Waals surface area contributed by atoms with E-state index in [1.807, 2.05) is 12.1 Å². The molecule has 0 radical (unpaired) electrons. The third-order valence-corrected chi connectivity index (χ3v) is 2.07. The van der Waals surface area contributed by atoms with Crippen molar-refractivity contribution in [3.05, 3.63) is 33.4 Å². The molecule has 4 heteroatoms. The van der Waals surface area contributed by atoms with Crippen molar-refractivity contribution in [3.63, 3.8) is 0 Å². The first-order chi connectivity index (χ1) is 5.24. The van der Waals surface area contributed by atoms with Gasteiger partial charge in [-0.15, -0.1) is 12.4 Å². The number of ketones is 1. The number of hydrogen-bond acceptors (Lipinski definition) is 2. The van der Waals surface area contributed by atoms with E-state index in [0.29, 0.717) is 5.56 Å². The summed E-state index contributed by atoms with van der Waals surface area (Å²) in [6.45, 7) is 0.0839. The molecule has 0 amide bonds. The van der Waals surface area contributed by atoms with E-state index in [2.05, 4.69) is 22.6 Å². The molecule has 0 unspecified atom stereocenters. The molecule has 66 valence electrons.